The molecule has 1 atom stereocenters. The normalized spacial score (nSPS) is 11.7. The lowest BCUT2D eigenvalue weighted by atomic mass is 10.1. The molecule has 2 aromatic rings. The first kappa shape index (κ1) is 19.6. The molecule has 0 aliphatic heterocycles. The number of carbonyl (C=O) groups excluding carboxylic acids is 2. The van der Waals surface area contributed by atoms with Gasteiger partial charge in [0.2, 0.25) is 5.91 Å². The van der Waals surface area contributed by atoms with E-state index in [0.29, 0.717) is 12.5 Å². The van der Waals surface area contributed by atoms with Crippen molar-refractivity contribution in [2.75, 3.05) is 13.6 Å². The Morgan fingerprint density at radius 1 is 1.12 bits per heavy atom. The Morgan fingerprint density at radius 3 is 2.46 bits per heavy atom. The average Bonchev–Trinajstić information content (AvgIpc) is 2.64. The van der Waals surface area contributed by atoms with Gasteiger partial charge in [-0.1, -0.05) is 30.3 Å². The highest BCUT2D eigenvalue weighted by Gasteiger charge is 2.17. The zero-order valence-electron chi connectivity index (χ0n) is 14.8. The molecule has 26 heavy (non-hydrogen) atoms. The number of hydrogen-bond donors (Lipinski definition) is 1. The van der Waals surface area contributed by atoms with Crippen molar-refractivity contribution in [3.8, 4) is 0 Å². The summed E-state index contributed by atoms with van der Waals surface area (Å²) in [5.74, 6) is -2.31. The Kier molecular flexibility index (Phi) is 6.83. The van der Waals surface area contributed by atoms with Crippen LogP contribution < -0.4 is 5.32 Å². The van der Waals surface area contributed by atoms with E-state index < -0.39 is 17.5 Å². The maximum atomic E-state index is 13.5. The van der Waals surface area contributed by atoms with E-state index >= 15 is 0 Å². The summed E-state index contributed by atoms with van der Waals surface area (Å²) >= 11 is 0. The first-order valence-corrected chi connectivity index (χ1v) is 8.44. The molecule has 0 saturated carbocycles. The van der Waals surface area contributed by atoms with Crippen LogP contribution in [0.2, 0.25) is 0 Å². The van der Waals surface area contributed by atoms with Crippen LogP contribution in [0.1, 0.15) is 41.7 Å². The predicted molar refractivity (Wildman–Crippen MR) is 95.6 cm³/mol. The summed E-state index contributed by atoms with van der Waals surface area (Å²) in [6, 6.07) is 12.4. The second-order valence-electron chi connectivity index (χ2n) is 6.07. The maximum absolute atomic E-state index is 13.5. The lowest BCUT2D eigenvalue weighted by Gasteiger charge is -2.25. The lowest BCUT2D eigenvalue weighted by molar-refractivity contribution is -0.131. The van der Waals surface area contributed by atoms with Gasteiger partial charge in [0.05, 0.1) is 11.6 Å². The van der Waals surface area contributed by atoms with Crippen LogP contribution in [0.3, 0.4) is 0 Å². The van der Waals surface area contributed by atoms with Crippen LogP contribution in [0.5, 0.6) is 0 Å². The van der Waals surface area contributed by atoms with Crippen LogP contribution in [0.15, 0.2) is 48.5 Å². The SMILES string of the molecule is CC(c1ccccc1)N(C)C(=O)CCCNC(=O)c1ccc(F)cc1F. The summed E-state index contributed by atoms with van der Waals surface area (Å²) in [5, 5.41) is 2.54. The van der Waals surface area contributed by atoms with Crippen molar-refractivity contribution in [1.29, 1.82) is 0 Å². The van der Waals surface area contributed by atoms with Crippen LogP contribution in [-0.4, -0.2) is 30.3 Å². The minimum atomic E-state index is -0.907. The molecule has 0 fully saturated rings. The van der Waals surface area contributed by atoms with Gasteiger partial charge < -0.3 is 10.2 Å². The predicted octanol–water partition coefficient (Wildman–Crippen LogP) is 3.69. The molecule has 0 bridgehead atoms. The van der Waals surface area contributed by atoms with Crippen LogP contribution in [0.4, 0.5) is 8.78 Å². The van der Waals surface area contributed by atoms with Crippen molar-refractivity contribution in [3.63, 3.8) is 0 Å². The van der Waals surface area contributed by atoms with Gasteiger partial charge in [0.25, 0.3) is 5.91 Å². The Morgan fingerprint density at radius 2 is 1.81 bits per heavy atom. The van der Waals surface area contributed by atoms with Crippen molar-refractivity contribution >= 4 is 11.8 Å². The van der Waals surface area contributed by atoms with Crippen molar-refractivity contribution < 1.29 is 18.4 Å². The first-order valence-electron chi connectivity index (χ1n) is 8.44. The average molecular weight is 360 g/mol. The number of benzene rings is 2. The molecule has 0 aliphatic carbocycles. The number of halogens is 2. The molecule has 1 unspecified atom stereocenters. The van der Waals surface area contributed by atoms with Crippen LogP contribution >= 0.6 is 0 Å². The molecule has 138 valence electrons. The van der Waals surface area contributed by atoms with Crippen LogP contribution in [0, 0.1) is 11.6 Å². The fraction of sp³-hybridized carbons (Fsp3) is 0.300. The minimum absolute atomic E-state index is 0.0384. The number of nitrogens with zero attached hydrogens (tertiary/aromatic N) is 1. The van der Waals surface area contributed by atoms with Crippen molar-refractivity contribution in [2.24, 2.45) is 0 Å². The quantitative estimate of drug-likeness (QED) is 0.766. The van der Waals surface area contributed by atoms with Crippen LogP contribution in [0.25, 0.3) is 0 Å². The Bertz CT molecular complexity index is 766. The van der Waals surface area contributed by atoms with E-state index in [-0.39, 0.29) is 30.5 Å². The van der Waals surface area contributed by atoms with E-state index in [2.05, 4.69) is 5.32 Å². The molecule has 4 nitrogen and oxygen atoms in total. The maximum Gasteiger partial charge on any atom is 0.254 e. The first-order chi connectivity index (χ1) is 12.4. The van der Waals surface area contributed by atoms with Gasteiger partial charge in [-0.15, -0.1) is 0 Å². The van der Waals surface area contributed by atoms with E-state index in [1.807, 2.05) is 37.3 Å². The topological polar surface area (TPSA) is 49.4 Å². The van der Waals surface area contributed by atoms with Crippen LogP contribution in [-0.2, 0) is 4.79 Å². The Labute approximate surface area is 151 Å². The molecule has 1 N–H and O–H groups in total. The highest BCUT2D eigenvalue weighted by Crippen LogP contribution is 2.19. The molecule has 2 rings (SSSR count). The van der Waals surface area contributed by atoms with E-state index in [0.717, 1.165) is 17.7 Å². The third-order valence-corrected chi connectivity index (χ3v) is 4.29. The highest BCUT2D eigenvalue weighted by atomic mass is 19.1. The molecule has 0 spiro atoms. The molecule has 6 heteroatoms. The number of rotatable bonds is 7. The van der Waals surface area contributed by atoms with Gasteiger partial charge in [-0.25, -0.2) is 8.78 Å². The molecule has 0 heterocycles. The molecule has 0 aromatic heterocycles. The van der Waals surface area contributed by atoms with Gasteiger partial charge in [0.15, 0.2) is 0 Å². The second kappa shape index (κ2) is 9.08. The number of nitrogens with one attached hydrogen (secondary N) is 1. The fourth-order valence-electron chi connectivity index (χ4n) is 2.56. The molecule has 0 aliphatic rings. The lowest BCUT2D eigenvalue weighted by Crippen LogP contribution is -2.31. The summed E-state index contributed by atoms with van der Waals surface area (Å²) in [4.78, 5) is 25.8. The fourth-order valence-corrected chi connectivity index (χ4v) is 2.56. The summed E-state index contributed by atoms with van der Waals surface area (Å²) in [6.45, 7) is 2.18. The summed E-state index contributed by atoms with van der Waals surface area (Å²) < 4.78 is 26.4. The molecular formula is C20H22F2N2O2. The molecule has 2 amide bonds. The van der Waals surface area contributed by atoms with Gasteiger partial charge in [0, 0.05) is 26.1 Å². The van der Waals surface area contributed by atoms with E-state index in [9.17, 15) is 18.4 Å². The van der Waals surface area contributed by atoms with Crippen molar-refractivity contribution in [3.05, 3.63) is 71.3 Å². The highest BCUT2D eigenvalue weighted by molar-refractivity contribution is 5.94. The molecular weight excluding hydrogens is 338 g/mol. The monoisotopic (exact) mass is 360 g/mol. The van der Waals surface area contributed by atoms with Gasteiger partial charge in [0.1, 0.15) is 11.6 Å². The van der Waals surface area contributed by atoms with Gasteiger partial charge in [-0.05, 0) is 31.0 Å². The number of carbonyl (C=O) groups is 2. The summed E-state index contributed by atoms with van der Waals surface area (Å²) in [5.41, 5.74) is 0.830. The molecule has 0 saturated heterocycles. The smallest absolute Gasteiger partial charge is 0.254 e. The largest absolute Gasteiger partial charge is 0.352 e. The van der Waals surface area contributed by atoms with Gasteiger partial charge in [-0.2, -0.15) is 0 Å². The zero-order valence-corrected chi connectivity index (χ0v) is 14.8. The minimum Gasteiger partial charge on any atom is -0.352 e. The van der Waals surface area contributed by atoms with Gasteiger partial charge in [-0.3, -0.25) is 9.59 Å². The van der Waals surface area contributed by atoms with Gasteiger partial charge >= 0.3 is 0 Å². The standard InChI is InChI=1S/C20H22F2N2O2/c1-14(15-7-4-3-5-8-15)24(2)19(25)9-6-12-23-20(26)17-11-10-16(21)13-18(17)22/h3-5,7-8,10-11,13-14H,6,9,12H2,1-2H3,(H,23,26). The Balaban J connectivity index is 1.78. The second-order valence-corrected chi connectivity index (χ2v) is 6.07. The molecule has 0 radical (unpaired) electrons. The van der Waals surface area contributed by atoms with Crippen molar-refractivity contribution in [2.45, 2.75) is 25.8 Å². The van der Waals surface area contributed by atoms with E-state index in [1.165, 1.54) is 0 Å². The Hall–Kier alpha value is -2.76. The third-order valence-electron chi connectivity index (χ3n) is 4.29. The van der Waals surface area contributed by atoms with E-state index in [4.69, 9.17) is 0 Å². The summed E-state index contributed by atoms with van der Waals surface area (Å²) in [7, 11) is 1.74. The molecule has 2 aromatic carbocycles. The third kappa shape index (κ3) is 5.12. The van der Waals surface area contributed by atoms with E-state index in [1.54, 1.807) is 11.9 Å². The zero-order chi connectivity index (χ0) is 19.1. The number of hydrogen-bond acceptors (Lipinski definition) is 2. The number of amides is 2. The summed E-state index contributed by atoms with van der Waals surface area (Å²) in [6.07, 6.45) is 0.694. The van der Waals surface area contributed by atoms with Crippen molar-refractivity contribution in [1.82, 2.24) is 10.2 Å².